The van der Waals surface area contributed by atoms with Gasteiger partial charge in [-0.05, 0) is 35.9 Å². The Morgan fingerprint density at radius 1 is 1.15 bits per heavy atom. The van der Waals surface area contributed by atoms with Crippen LogP contribution in [0.2, 0.25) is 0 Å². The molecule has 0 aliphatic rings. The highest BCUT2D eigenvalue weighted by molar-refractivity contribution is 7.99. The summed E-state index contributed by atoms with van der Waals surface area (Å²) in [5.41, 5.74) is 8.35. The van der Waals surface area contributed by atoms with E-state index in [-0.39, 0.29) is 23.3 Å². The largest absolute Gasteiger partial charge is 0.368 e. The van der Waals surface area contributed by atoms with Crippen molar-refractivity contribution >= 4 is 34.4 Å². The van der Waals surface area contributed by atoms with E-state index in [2.05, 4.69) is 20.2 Å². The quantitative estimate of drug-likeness (QED) is 0.369. The number of nitrogens with two attached hydrogens (primary N) is 1. The van der Waals surface area contributed by atoms with Gasteiger partial charge in [0.15, 0.2) is 5.78 Å². The van der Waals surface area contributed by atoms with E-state index in [1.807, 2.05) is 24.3 Å². The van der Waals surface area contributed by atoms with Gasteiger partial charge >= 0.3 is 0 Å². The fraction of sp³-hybridized carbons (Fsp3) is 0.0556. The van der Waals surface area contributed by atoms with Crippen molar-refractivity contribution in [3.63, 3.8) is 0 Å². The number of nitrogen functional groups attached to an aromatic ring is 1. The zero-order valence-corrected chi connectivity index (χ0v) is 14.3. The van der Waals surface area contributed by atoms with Gasteiger partial charge in [0.25, 0.3) is 0 Å². The molecule has 6 nitrogen and oxygen atoms in total. The normalized spacial score (nSPS) is 11.1. The molecule has 26 heavy (non-hydrogen) atoms. The maximum Gasteiger partial charge on any atom is 0.216 e. The smallest absolute Gasteiger partial charge is 0.216 e. The molecule has 0 spiro atoms. The van der Waals surface area contributed by atoms with Crippen LogP contribution in [0.5, 0.6) is 0 Å². The van der Waals surface area contributed by atoms with Gasteiger partial charge in [0.1, 0.15) is 5.82 Å². The first kappa shape index (κ1) is 16.3. The predicted octanol–water partition coefficient (Wildman–Crippen LogP) is 3.65. The van der Waals surface area contributed by atoms with Crippen molar-refractivity contribution < 1.29 is 9.18 Å². The highest BCUT2D eigenvalue weighted by atomic mass is 32.2. The minimum atomic E-state index is -0.324. The van der Waals surface area contributed by atoms with E-state index in [0.29, 0.717) is 16.4 Å². The number of hydrogen-bond donors (Lipinski definition) is 3. The Morgan fingerprint density at radius 2 is 1.92 bits per heavy atom. The monoisotopic (exact) mass is 367 g/mol. The molecule has 0 aliphatic carbocycles. The predicted molar refractivity (Wildman–Crippen MR) is 99.5 cm³/mol. The van der Waals surface area contributed by atoms with Crippen LogP contribution in [0, 0.1) is 5.82 Å². The van der Waals surface area contributed by atoms with Crippen LogP contribution in [0.25, 0.3) is 22.2 Å². The number of hydrogen-bond acceptors (Lipinski definition) is 5. The molecule has 4 N–H and O–H groups in total. The lowest BCUT2D eigenvalue weighted by Crippen LogP contribution is -2.04. The van der Waals surface area contributed by atoms with E-state index < -0.39 is 0 Å². The molecule has 2 aromatic heterocycles. The van der Waals surface area contributed by atoms with Crippen LogP contribution in [0.3, 0.4) is 0 Å². The molecule has 0 saturated carbocycles. The maximum absolute atomic E-state index is 13.3. The van der Waals surface area contributed by atoms with Gasteiger partial charge in [-0.3, -0.25) is 4.79 Å². The summed E-state index contributed by atoms with van der Waals surface area (Å²) in [7, 11) is 0. The highest BCUT2D eigenvalue weighted by Gasteiger charge is 2.20. The number of fused-ring (bicyclic) bond motifs is 1. The van der Waals surface area contributed by atoms with Crippen LogP contribution < -0.4 is 5.73 Å². The summed E-state index contributed by atoms with van der Waals surface area (Å²) in [5, 5.41) is 7.71. The molecule has 0 atom stereocenters. The molecule has 0 saturated heterocycles. The van der Waals surface area contributed by atoms with Crippen LogP contribution in [-0.2, 0) is 0 Å². The SMILES string of the molecule is Nc1nc(SCC(=O)c2c(-c3ccc(F)cc3)[nH]c3ccccc23)n[nH]1. The number of nitrogens with zero attached hydrogens (tertiary/aromatic N) is 2. The number of Topliss-reactive ketones (excluding diaryl/α,β-unsaturated/α-hetero) is 1. The Labute approximate surface area is 152 Å². The first-order valence-electron chi connectivity index (χ1n) is 7.82. The van der Waals surface area contributed by atoms with E-state index in [9.17, 15) is 9.18 Å². The van der Waals surface area contributed by atoms with Gasteiger partial charge in [-0.2, -0.15) is 4.98 Å². The second kappa shape index (κ2) is 6.64. The van der Waals surface area contributed by atoms with Gasteiger partial charge in [0.2, 0.25) is 11.1 Å². The molecule has 130 valence electrons. The number of thioether (sulfide) groups is 1. The zero-order chi connectivity index (χ0) is 18.1. The summed E-state index contributed by atoms with van der Waals surface area (Å²) in [4.78, 5) is 20.2. The molecule has 2 aromatic carbocycles. The average molecular weight is 367 g/mol. The summed E-state index contributed by atoms with van der Waals surface area (Å²) in [6.07, 6.45) is 0. The molecule has 8 heteroatoms. The second-order valence-corrected chi connectivity index (χ2v) is 6.59. The Hall–Kier alpha value is -3.13. The number of halogens is 1. The van der Waals surface area contributed by atoms with Crippen molar-refractivity contribution in [1.29, 1.82) is 0 Å². The molecule has 0 amide bonds. The van der Waals surface area contributed by atoms with Gasteiger partial charge in [-0.15, -0.1) is 5.10 Å². The van der Waals surface area contributed by atoms with Crippen molar-refractivity contribution in [2.45, 2.75) is 5.16 Å². The van der Waals surface area contributed by atoms with Crippen LogP contribution in [0.15, 0.2) is 53.7 Å². The third-order valence-electron chi connectivity index (χ3n) is 3.93. The Bertz CT molecular complexity index is 1090. The summed E-state index contributed by atoms with van der Waals surface area (Å²) in [6.45, 7) is 0. The van der Waals surface area contributed by atoms with Crippen LogP contribution in [0.1, 0.15) is 10.4 Å². The number of rotatable bonds is 5. The molecule has 2 heterocycles. The van der Waals surface area contributed by atoms with Gasteiger partial charge in [0.05, 0.1) is 17.0 Å². The van der Waals surface area contributed by atoms with Crippen molar-refractivity contribution in [3.8, 4) is 11.3 Å². The van der Waals surface area contributed by atoms with Crippen LogP contribution in [-0.4, -0.2) is 31.7 Å². The lowest BCUT2D eigenvalue weighted by atomic mass is 10.0. The highest BCUT2D eigenvalue weighted by Crippen LogP contribution is 2.32. The lowest BCUT2D eigenvalue weighted by Gasteiger charge is -2.04. The van der Waals surface area contributed by atoms with E-state index in [1.54, 1.807) is 12.1 Å². The number of nitrogens with one attached hydrogen (secondary N) is 2. The number of aromatic nitrogens is 4. The number of carbonyl (C=O) groups is 1. The first-order valence-corrected chi connectivity index (χ1v) is 8.81. The first-order chi connectivity index (χ1) is 12.6. The number of carbonyl (C=O) groups excluding carboxylic acids is 1. The molecular weight excluding hydrogens is 353 g/mol. The molecule has 0 radical (unpaired) electrons. The summed E-state index contributed by atoms with van der Waals surface area (Å²) >= 11 is 1.21. The lowest BCUT2D eigenvalue weighted by molar-refractivity contribution is 0.102. The van der Waals surface area contributed by atoms with Crippen molar-refractivity contribution in [2.75, 3.05) is 11.5 Å². The fourth-order valence-electron chi connectivity index (χ4n) is 2.79. The number of anilines is 1. The number of ketones is 1. The van der Waals surface area contributed by atoms with Crippen molar-refractivity contribution in [2.24, 2.45) is 0 Å². The van der Waals surface area contributed by atoms with Crippen LogP contribution in [0.4, 0.5) is 10.3 Å². The van der Waals surface area contributed by atoms with Gasteiger partial charge in [-0.25, -0.2) is 9.49 Å². The number of H-pyrrole nitrogens is 2. The van der Waals surface area contributed by atoms with Crippen molar-refractivity contribution in [3.05, 3.63) is 59.9 Å². The Kier molecular flexibility index (Phi) is 4.18. The summed E-state index contributed by atoms with van der Waals surface area (Å²) < 4.78 is 13.3. The Balaban J connectivity index is 1.73. The standard InChI is InChI=1S/C18H14FN5OS/c19-11-7-5-10(6-8-11)16-15(12-3-1-2-4-13(12)21-16)14(25)9-26-18-22-17(20)23-24-18/h1-8,21H,9H2,(H3,20,22,23,24). The summed E-state index contributed by atoms with van der Waals surface area (Å²) in [5.74, 6) is -0.0301. The number of para-hydroxylation sites is 1. The molecule has 4 aromatic rings. The maximum atomic E-state index is 13.3. The molecule has 0 fully saturated rings. The minimum absolute atomic E-state index is 0.0739. The second-order valence-electron chi connectivity index (χ2n) is 5.64. The molecular formula is C18H14FN5OS. The molecule has 0 unspecified atom stereocenters. The Morgan fingerprint density at radius 3 is 2.65 bits per heavy atom. The minimum Gasteiger partial charge on any atom is -0.368 e. The topological polar surface area (TPSA) is 100 Å². The summed E-state index contributed by atoms with van der Waals surface area (Å²) in [6, 6.07) is 13.6. The molecule has 4 rings (SSSR count). The van der Waals surface area contributed by atoms with Gasteiger partial charge < -0.3 is 10.7 Å². The number of aromatic amines is 2. The van der Waals surface area contributed by atoms with E-state index >= 15 is 0 Å². The average Bonchev–Trinajstić information content (AvgIpc) is 3.23. The van der Waals surface area contributed by atoms with E-state index in [0.717, 1.165) is 16.5 Å². The number of benzene rings is 2. The third kappa shape index (κ3) is 3.06. The fourth-order valence-corrected chi connectivity index (χ4v) is 3.47. The van der Waals surface area contributed by atoms with Crippen molar-refractivity contribution in [1.82, 2.24) is 20.2 Å². The van der Waals surface area contributed by atoms with Gasteiger partial charge in [-0.1, -0.05) is 30.0 Å². The van der Waals surface area contributed by atoms with E-state index in [1.165, 1.54) is 23.9 Å². The van der Waals surface area contributed by atoms with Crippen LogP contribution >= 0.6 is 11.8 Å². The zero-order valence-electron chi connectivity index (χ0n) is 13.5. The van der Waals surface area contributed by atoms with Gasteiger partial charge in [0, 0.05) is 10.9 Å². The molecule has 0 bridgehead atoms. The molecule has 0 aliphatic heterocycles. The van der Waals surface area contributed by atoms with E-state index in [4.69, 9.17) is 5.73 Å². The third-order valence-corrected chi connectivity index (χ3v) is 4.78.